The van der Waals surface area contributed by atoms with Gasteiger partial charge in [-0.3, -0.25) is 14.2 Å². The van der Waals surface area contributed by atoms with E-state index in [9.17, 15) is 23.2 Å². The molecule has 0 unspecified atom stereocenters. The number of rotatable bonds is 5. The first-order valence-corrected chi connectivity index (χ1v) is 10.3. The van der Waals surface area contributed by atoms with E-state index in [0.29, 0.717) is 20.9 Å². The maximum atomic E-state index is 13.8. The molecule has 158 valence electrons. The standard InChI is InChI=1S/C21H14ClF2N3O3S/c22-13-2-5-15(6-3-13)27-20(29)19-17(7-8-31-19)26(21(27)30)11-18(28)25-10-12-1-4-14(23)9-16(12)24/h1-9H,10-11H2,(H,25,28). The number of carbonyl (C=O) groups is 1. The van der Waals surface area contributed by atoms with Gasteiger partial charge in [-0.05, 0) is 41.8 Å². The Bertz CT molecular complexity index is 1410. The molecule has 0 spiro atoms. The van der Waals surface area contributed by atoms with Crippen LogP contribution in [0.1, 0.15) is 5.56 Å². The van der Waals surface area contributed by atoms with E-state index in [2.05, 4.69) is 5.32 Å². The molecule has 2 aromatic carbocycles. The highest BCUT2D eigenvalue weighted by Gasteiger charge is 2.17. The molecule has 0 aliphatic carbocycles. The molecule has 0 saturated carbocycles. The lowest BCUT2D eigenvalue weighted by Gasteiger charge is -2.13. The average molecular weight is 462 g/mol. The number of fused-ring (bicyclic) bond motifs is 1. The third kappa shape index (κ3) is 4.14. The second kappa shape index (κ2) is 8.44. The molecule has 0 saturated heterocycles. The Balaban J connectivity index is 1.68. The van der Waals surface area contributed by atoms with E-state index in [1.807, 2.05) is 0 Å². The number of halogens is 3. The average Bonchev–Trinajstić information content (AvgIpc) is 3.22. The summed E-state index contributed by atoms with van der Waals surface area (Å²) in [5, 5.41) is 4.61. The highest BCUT2D eigenvalue weighted by molar-refractivity contribution is 7.17. The van der Waals surface area contributed by atoms with Crippen LogP contribution in [0.25, 0.3) is 15.9 Å². The summed E-state index contributed by atoms with van der Waals surface area (Å²) < 4.78 is 29.3. The molecule has 0 radical (unpaired) electrons. The van der Waals surface area contributed by atoms with Crippen molar-refractivity contribution in [2.45, 2.75) is 13.1 Å². The number of nitrogens with zero attached hydrogens (tertiary/aromatic N) is 2. The van der Waals surface area contributed by atoms with Crippen LogP contribution in [-0.4, -0.2) is 15.0 Å². The first-order chi connectivity index (χ1) is 14.8. The molecule has 4 aromatic rings. The zero-order chi connectivity index (χ0) is 22.1. The van der Waals surface area contributed by atoms with Crippen molar-refractivity contribution in [3.63, 3.8) is 0 Å². The van der Waals surface area contributed by atoms with E-state index < -0.39 is 28.8 Å². The summed E-state index contributed by atoms with van der Waals surface area (Å²) in [4.78, 5) is 38.5. The van der Waals surface area contributed by atoms with Crippen molar-refractivity contribution in [3.05, 3.63) is 97.0 Å². The largest absolute Gasteiger partial charge is 0.350 e. The molecule has 6 nitrogen and oxygen atoms in total. The Morgan fingerprint density at radius 3 is 2.52 bits per heavy atom. The number of hydrogen-bond acceptors (Lipinski definition) is 4. The highest BCUT2D eigenvalue weighted by atomic mass is 35.5. The maximum absolute atomic E-state index is 13.8. The van der Waals surface area contributed by atoms with Gasteiger partial charge in [-0.1, -0.05) is 17.7 Å². The lowest BCUT2D eigenvalue weighted by Crippen LogP contribution is -2.41. The Labute approximate surface area is 182 Å². The van der Waals surface area contributed by atoms with Gasteiger partial charge in [0.1, 0.15) is 22.9 Å². The second-order valence-electron chi connectivity index (χ2n) is 6.63. The van der Waals surface area contributed by atoms with Gasteiger partial charge in [-0.25, -0.2) is 18.1 Å². The van der Waals surface area contributed by atoms with Crippen molar-refractivity contribution < 1.29 is 13.6 Å². The first-order valence-electron chi connectivity index (χ1n) is 9.05. The minimum absolute atomic E-state index is 0.105. The van der Waals surface area contributed by atoms with Gasteiger partial charge in [-0.2, -0.15) is 0 Å². The number of nitrogens with one attached hydrogen (secondary N) is 1. The van der Waals surface area contributed by atoms with Crippen LogP contribution in [0, 0.1) is 11.6 Å². The van der Waals surface area contributed by atoms with Crippen molar-refractivity contribution in [1.82, 2.24) is 14.5 Å². The minimum Gasteiger partial charge on any atom is -0.350 e. The van der Waals surface area contributed by atoms with E-state index in [0.717, 1.165) is 28.0 Å². The fourth-order valence-corrected chi connectivity index (χ4v) is 4.07. The summed E-state index contributed by atoms with van der Waals surface area (Å²) >= 11 is 7.05. The van der Waals surface area contributed by atoms with Crippen LogP contribution in [-0.2, 0) is 17.9 Å². The lowest BCUT2D eigenvalue weighted by atomic mass is 10.2. The second-order valence-corrected chi connectivity index (χ2v) is 7.99. The van der Waals surface area contributed by atoms with Gasteiger partial charge < -0.3 is 5.32 Å². The number of thiophene rings is 1. The van der Waals surface area contributed by atoms with Gasteiger partial charge in [0.25, 0.3) is 5.56 Å². The van der Waals surface area contributed by atoms with Gasteiger partial charge >= 0.3 is 5.69 Å². The molecule has 1 N–H and O–H groups in total. The summed E-state index contributed by atoms with van der Waals surface area (Å²) in [7, 11) is 0. The van der Waals surface area contributed by atoms with Gasteiger partial charge in [0.15, 0.2) is 0 Å². The van der Waals surface area contributed by atoms with E-state index >= 15 is 0 Å². The van der Waals surface area contributed by atoms with E-state index in [1.54, 1.807) is 23.6 Å². The highest BCUT2D eigenvalue weighted by Crippen LogP contribution is 2.17. The van der Waals surface area contributed by atoms with Crippen molar-refractivity contribution in [2.75, 3.05) is 0 Å². The lowest BCUT2D eigenvalue weighted by molar-refractivity contribution is -0.121. The molecular formula is C21H14ClF2N3O3S. The molecule has 0 aliphatic rings. The Kier molecular flexibility index (Phi) is 5.71. The predicted molar refractivity (Wildman–Crippen MR) is 115 cm³/mol. The van der Waals surface area contributed by atoms with Crippen LogP contribution in [0.2, 0.25) is 5.02 Å². The Morgan fingerprint density at radius 1 is 1.06 bits per heavy atom. The molecule has 0 atom stereocenters. The fraction of sp³-hybridized carbons (Fsp3) is 0.0952. The summed E-state index contributed by atoms with van der Waals surface area (Å²) in [6, 6.07) is 10.8. The molecule has 0 aliphatic heterocycles. The summed E-state index contributed by atoms with van der Waals surface area (Å²) in [6.07, 6.45) is 0. The van der Waals surface area contributed by atoms with E-state index in [4.69, 9.17) is 11.6 Å². The van der Waals surface area contributed by atoms with Crippen LogP contribution in [0.3, 0.4) is 0 Å². The molecule has 31 heavy (non-hydrogen) atoms. The number of aromatic nitrogens is 2. The van der Waals surface area contributed by atoms with Crippen LogP contribution < -0.4 is 16.6 Å². The van der Waals surface area contributed by atoms with Gasteiger partial charge in [-0.15, -0.1) is 11.3 Å². The minimum atomic E-state index is -0.783. The molecule has 10 heteroatoms. The van der Waals surface area contributed by atoms with Crippen LogP contribution in [0.15, 0.2) is 63.5 Å². The summed E-state index contributed by atoms with van der Waals surface area (Å²) in [6.45, 7) is -0.563. The third-order valence-corrected chi connectivity index (χ3v) is 5.78. The molecule has 0 bridgehead atoms. The number of benzene rings is 2. The normalized spacial score (nSPS) is 11.1. The van der Waals surface area contributed by atoms with Crippen LogP contribution >= 0.6 is 22.9 Å². The monoisotopic (exact) mass is 461 g/mol. The maximum Gasteiger partial charge on any atom is 0.336 e. The fourth-order valence-electron chi connectivity index (χ4n) is 3.12. The third-order valence-electron chi connectivity index (χ3n) is 4.63. The topological polar surface area (TPSA) is 73.1 Å². The predicted octanol–water partition coefficient (Wildman–Crippen LogP) is 3.46. The molecule has 4 rings (SSSR count). The van der Waals surface area contributed by atoms with Crippen molar-refractivity contribution in [2.24, 2.45) is 0 Å². The van der Waals surface area contributed by atoms with Crippen molar-refractivity contribution in [3.8, 4) is 5.69 Å². The number of amides is 1. The molecule has 2 heterocycles. The number of hydrogen-bond donors (Lipinski definition) is 1. The van der Waals surface area contributed by atoms with Crippen molar-refractivity contribution >= 4 is 39.1 Å². The van der Waals surface area contributed by atoms with Gasteiger partial charge in [0.2, 0.25) is 5.91 Å². The SMILES string of the molecule is O=C(Cn1c(=O)n(-c2ccc(Cl)cc2)c(=O)c2sccc21)NCc1ccc(F)cc1F. The molecule has 0 fully saturated rings. The van der Waals surface area contributed by atoms with Crippen molar-refractivity contribution in [1.29, 1.82) is 0 Å². The molecule has 1 amide bonds. The number of carbonyl (C=O) groups excluding carboxylic acids is 1. The summed E-state index contributed by atoms with van der Waals surface area (Å²) in [5.41, 5.74) is -0.442. The zero-order valence-electron chi connectivity index (χ0n) is 15.8. The van der Waals surface area contributed by atoms with Crippen LogP contribution in [0.4, 0.5) is 8.78 Å². The Morgan fingerprint density at radius 2 is 1.81 bits per heavy atom. The van der Waals surface area contributed by atoms with Gasteiger partial charge in [0, 0.05) is 23.2 Å². The zero-order valence-corrected chi connectivity index (χ0v) is 17.3. The molecular weight excluding hydrogens is 448 g/mol. The van der Waals surface area contributed by atoms with E-state index in [1.165, 1.54) is 22.8 Å². The quantitative estimate of drug-likeness (QED) is 0.494. The molecule has 2 aromatic heterocycles. The van der Waals surface area contributed by atoms with Gasteiger partial charge in [0.05, 0.1) is 11.2 Å². The first kappa shape index (κ1) is 21.0. The smallest absolute Gasteiger partial charge is 0.336 e. The van der Waals surface area contributed by atoms with Crippen LogP contribution in [0.5, 0.6) is 0 Å². The Hall–Kier alpha value is -3.30. The summed E-state index contributed by atoms with van der Waals surface area (Å²) in [5.74, 6) is -2.07. The van der Waals surface area contributed by atoms with E-state index in [-0.39, 0.29) is 18.7 Å².